The number of hydrogen-bond donors (Lipinski definition) is 2. The molecule has 0 amide bonds. The number of esters is 2. The Balaban J connectivity index is 3.95. The van der Waals surface area contributed by atoms with Gasteiger partial charge in [-0.25, -0.2) is 4.57 Å². The van der Waals surface area contributed by atoms with Crippen LogP contribution in [0, 0.1) is 0 Å². The molecule has 0 radical (unpaired) electrons. The molecule has 0 heterocycles. The van der Waals surface area contributed by atoms with E-state index in [0.717, 1.165) is 96.3 Å². The second kappa shape index (κ2) is 61.9. The average molecular weight is 1090 g/mol. The number of nitrogens with two attached hydrogens (primary N) is 1. The Labute approximate surface area is 473 Å². The topological polar surface area (TPSA) is 134 Å². The fourth-order valence-corrected chi connectivity index (χ4v) is 9.30. The molecule has 0 saturated heterocycles. The number of carbonyl (C=O) groups is 2. The summed E-state index contributed by atoms with van der Waals surface area (Å²) in [7, 11) is -4.40. The number of allylic oxidation sites excluding steroid dienone is 18. The average Bonchev–Trinajstić information content (AvgIpc) is 3.42. The molecule has 2 unspecified atom stereocenters. The lowest BCUT2D eigenvalue weighted by molar-refractivity contribution is -0.161. The second-order valence-corrected chi connectivity index (χ2v) is 22.0. The van der Waals surface area contributed by atoms with E-state index in [2.05, 4.69) is 123 Å². The molecule has 0 aliphatic carbocycles. The molecular formula is C67H116NO8P. The van der Waals surface area contributed by atoms with Crippen molar-refractivity contribution in [2.24, 2.45) is 5.73 Å². The number of rotatable bonds is 58. The van der Waals surface area contributed by atoms with Gasteiger partial charge in [0.25, 0.3) is 0 Å². The number of carbonyl (C=O) groups excluding carboxylic acids is 2. The first-order valence-electron chi connectivity index (χ1n) is 31.4. The minimum atomic E-state index is -4.40. The van der Waals surface area contributed by atoms with Crippen molar-refractivity contribution in [3.05, 3.63) is 109 Å². The number of phosphoric ester groups is 1. The zero-order chi connectivity index (χ0) is 55.9. The van der Waals surface area contributed by atoms with Crippen LogP contribution in [0.1, 0.15) is 271 Å². The molecule has 0 fully saturated rings. The highest BCUT2D eigenvalue weighted by Gasteiger charge is 2.26. The van der Waals surface area contributed by atoms with Crippen LogP contribution in [0.25, 0.3) is 0 Å². The molecule has 442 valence electrons. The first kappa shape index (κ1) is 73.7. The standard InChI is InChI=1S/C67H116NO8P/c1-3-5-7-9-11-13-15-17-19-21-23-25-27-28-29-30-31-32-33-34-35-36-38-39-41-43-45-47-49-51-53-55-57-59-66(69)73-63-65(64-75-77(71,72)74-62-61-68)76-67(70)60-58-56-54-52-50-48-46-44-42-40-37-26-24-22-20-18-16-14-12-10-8-6-4-2/h6,8,12,14-15,17-18,20-21,23-24,26-28,40,42,46,48,65H,3-5,7,9-11,13,16,19,22,25,29-39,41,43-45,47,49-64,68H2,1-2H3,(H,71,72)/b8-6-,14-12-,17-15-,20-18-,23-21-,26-24-,28-27-,42-40-,48-46-. The summed E-state index contributed by atoms with van der Waals surface area (Å²) in [4.78, 5) is 35.2. The van der Waals surface area contributed by atoms with Gasteiger partial charge in [0.1, 0.15) is 6.61 Å². The summed E-state index contributed by atoms with van der Waals surface area (Å²) < 4.78 is 33.1. The molecule has 0 aliphatic rings. The Kier molecular flexibility index (Phi) is 59.2. The molecule has 0 aromatic rings. The van der Waals surface area contributed by atoms with E-state index >= 15 is 0 Å². The smallest absolute Gasteiger partial charge is 0.462 e. The van der Waals surface area contributed by atoms with Gasteiger partial charge < -0.3 is 20.1 Å². The van der Waals surface area contributed by atoms with Crippen molar-refractivity contribution < 1.29 is 37.6 Å². The predicted molar refractivity (Wildman–Crippen MR) is 330 cm³/mol. The quantitative estimate of drug-likeness (QED) is 0.0264. The zero-order valence-corrected chi connectivity index (χ0v) is 50.3. The Hall–Kier alpha value is -3.33. The van der Waals surface area contributed by atoms with Crippen molar-refractivity contribution >= 4 is 19.8 Å². The van der Waals surface area contributed by atoms with Crippen LogP contribution in [0.5, 0.6) is 0 Å². The summed E-state index contributed by atoms with van der Waals surface area (Å²) in [5.41, 5.74) is 5.39. The molecule has 0 aliphatic heterocycles. The molecule has 3 N–H and O–H groups in total. The van der Waals surface area contributed by atoms with Gasteiger partial charge in [-0.15, -0.1) is 0 Å². The van der Waals surface area contributed by atoms with Crippen LogP contribution in [-0.4, -0.2) is 49.3 Å². The third kappa shape index (κ3) is 61.7. The molecule has 0 aromatic carbocycles. The van der Waals surface area contributed by atoms with Crippen molar-refractivity contribution in [1.29, 1.82) is 0 Å². The summed E-state index contributed by atoms with van der Waals surface area (Å²) in [6, 6.07) is 0. The van der Waals surface area contributed by atoms with E-state index in [9.17, 15) is 19.0 Å². The van der Waals surface area contributed by atoms with Gasteiger partial charge in [0, 0.05) is 19.4 Å². The molecule has 9 nitrogen and oxygen atoms in total. The van der Waals surface area contributed by atoms with Crippen LogP contribution in [0.2, 0.25) is 0 Å². The Morgan fingerprint density at radius 3 is 1.06 bits per heavy atom. The van der Waals surface area contributed by atoms with Gasteiger partial charge in [-0.2, -0.15) is 0 Å². The Bertz CT molecular complexity index is 1630. The summed E-state index contributed by atoms with van der Waals surface area (Å²) in [5, 5.41) is 0. The third-order valence-corrected chi connectivity index (χ3v) is 14.1. The predicted octanol–water partition coefficient (Wildman–Crippen LogP) is 20.2. The van der Waals surface area contributed by atoms with Crippen LogP contribution in [0.4, 0.5) is 0 Å². The van der Waals surface area contributed by atoms with Crippen LogP contribution in [0.3, 0.4) is 0 Å². The van der Waals surface area contributed by atoms with E-state index < -0.39 is 26.5 Å². The van der Waals surface area contributed by atoms with E-state index in [1.807, 2.05) is 0 Å². The fourth-order valence-electron chi connectivity index (χ4n) is 8.53. The van der Waals surface area contributed by atoms with E-state index in [1.165, 1.54) is 141 Å². The van der Waals surface area contributed by atoms with E-state index in [-0.39, 0.29) is 38.6 Å². The first-order chi connectivity index (χ1) is 37.8. The lowest BCUT2D eigenvalue weighted by Crippen LogP contribution is -2.29. The Morgan fingerprint density at radius 2 is 0.714 bits per heavy atom. The van der Waals surface area contributed by atoms with Gasteiger partial charge in [-0.3, -0.25) is 18.6 Å². The zero-order valence-electron chi connectivity index (χ0n) is 49.4. The molecule has 0 spiro atoms. The van der Waals surface area contributed by atoms with Crippen molar-refractivity contribution in [1.82, 2.24) is 0 Å². The SMILES string of the molecule is CC/C=C\C/C=C\C/C=C\C/C=C\C/C=C\C/C=C\CCCCCCC(=O)OC(COC(=O)CCCCCCCCCCCCCCCCCCCC/C=C\C/C=C\C/C=C\CCCCCCC)COP(=O)(O)OCCN. The maximum absolute atomic E-state index is 12.7. The second-order valence-electron chi connectivity index (χ2n) is 20.5. The molecule has 0 aromatic heterocycles. The van der Waals surface area contributed by atoms with Crippen LogP contribution in [0.15, 0.2) is 109 Å². The lowest BCUT2D eigenvalue weighted by atomic mass is 10.0. The molecule has 2 atom stereocenters. The summed E-state index contributed by atoms with van der Waals surface area (Å²) in [6.45, 7) is 3.60. The van der Waals surface area contributed by atoms with Gasteiger partial charge in [0.2, 0.25) is 0 Å². The van der Waals surface area contributed by atoms with Crippen LogP contribution >= 0.6 is 7.82 Å². The molecule has 10 heteroatoms. The van der Waals surface area contributed by atoms with Gasteiger partial charge in [0.05, 0.1) is 13.2 Å². The van der Waals surface area contributed by atoms with Crippen molar-refractivity contribution in [3.8, 4) is 0 Å². The summed E-state index contributed by atoms with van der Waals surface area (Å²) in [6.07, 6.45) is 84.5. The minimum absolute atomic E-state index is 0.0441. The summed E-state index contributed by atoms with van der Waals surface area (Å²) >= 11 is 0. The van der Waals surface area contributed by atoms with Gasteiger partial charge >= 0.3 is 19.8 Å². The summed E-state index contributed by atoms with van der Waals surface area (Å²) in [5.74, 6) is -0.856. The van der Waals surface area contributed by atoms with Crippen molar-refractivity contribution in [3.63, 3.8) is 0 Å². The number of unbranched alkanes of at least 4 members (excludes halogenated alkanes) is 27. The van der Waals surface area contributed by atoms with E-state index in [4.69, 9.17) is 24.3 Å². The first-order valence-corrected chi connectivity index (χ1v) is 32.9. The van der Waals surface area contributed by atoms with Gasteiger partial charge in [-0.1, -0.05) is 264 Å². The van der Waals surface area contributed by atoms with E-state index in [1.54, 1.807) is 0 Å². The normalized spacial score (nSPS) is 13.8. The largest absolute Gasteiger partial charge is 0.472 e. The molecule has 77 heavy (non-hydrogen) atoms. The van der Waals surface area contributed by atoms with Crippen molar-refractivity contribution in [2.75, 3.05) is 26.4 Å². The molecule has 0 saturated carbocycles. The number of ether oxygens (including phenoxy) is 2. The highest BCUT2D eigenvalue weighted by atomic mass is 31.2. The van der Waals surface area contributed by atoms with Crippen LogP contribution in [-0.2, 0) is 32.7 Å². The maximum Gasteiger partial charge on any atom is 0.472 e. The minimum Gasteiger partial charge on any atom is -0.462 e. The van der Waals surface area contributed by atoms with Gasteiger partial charge in [-0.05, 0) is 103 Å². The molecular weight excluding hydrogens is 978 g/mol. The van der Waals surface area contributed by atoms with Crippen LogP contribution < -0.4 is 5.73 Å². The third-order valence-electron chi connectivity index (χ3n) is 13.1. The number of phosphoric acid groups is 1. The van der Waals surface area contributed by atoms with Crippen molar-refractivity contribution in [2.45, 2.75) is 277 Å². The fraction of sp³-hybridized carbons (Fsp3) is 0.701. The molecule has 0 rings (SSSR count). The highest BCUT2D eigenvalue weighted by molar-refractivity contribution is 7.47. The monoisotopic (exact) mass is 1090 g/mol. The highest BCUT2D eigenvalue weighted by Crippen LogP contribution is 2.43. The lowest BCUT2D eigenvalue weighted by Gasteiger charge is -2.19. The molecule has 0 bridgehead atoms. The number of hydrogen-bond acceptors (Lipinski definition) is 8. The van der Waals surface area contributed by atoms with E-state index in [0.29, 0.717) is 6.42 Å². The van der Waals surface area contributed by atoms with Gasteiger partial charge in [0.15, 0.2) is 6.10 Å². The Morgan fingerprint density at radius 1 is 0.403 bits per heavy atom. The maximum atomic E-state index is 12.7.